The third-order valence-electron chi connectivity index (χ3n) is 1.72. The van der Waals surface area contributed by atoms with E-state index in [1.807, 2.05) is 0 Å². The van der Waals surface area contributed by atoms with Gasteiger partial charge in [0, 0.05) is 0 Å². The van der Waals surface area contributed by atoms with Crippen molar-refractivity contribution >= 4 is 18.3 Å². The van der Waals surface area contributed by atoms with E-state index in [1.54, 1.807) is 0 Å². The van der Waals surface area contributed by atoms with Crippen molar-refractivity contribution in [3.05, 3.63) is 0 Å². The van der Waals surface area contributed by atoms with Crippen molar-refractivity contribution in [3.63, 3.8) is 0 Å². The van der Waals surface area contributed by atoms with E-state index in [4.69, 9.17) is 25.5 Å². The number of carbonyl (C=O) groups excluding carboxylic acids is 2. The van der Waals surface area contributed by atoms with Gasteiger partial charge in [-0.15, -0.1) is 0 Å². The Morgan fingerprint density at radius 1 is 1.00 bits per heavy atom. The maximum atomic E-state index is 10.8. The molecule has 0 aliphatic rings. The number of carboxylic acids is 1. The highest BCUT2D eigenvalue weighted by Gasteiger charge is 2.37. The lowest BCUT2D eigenvalue weighted by Gasteiger charge is -2.23. The van der Waals surface area contributed by atoms with E-state index in [2.05, 4.69) is 0 Å². The number of hydrogen-bond donors (Lipinski definition) is 6. The van der Waals surface area contributed by atoms with Gasteiger partial charge in [0.1, 0.15) is 12.2 Å². The quantitative estimate of drug-likeness (QED) is 0.253. The fourth-order valence-corrected chi connectivity index (χ4v) is 0.818. The highest BCUT2D eigenvalue weighted by atomic mass is 16.4. The number of nitrogens with one attached hydrogen (secondary N) is 1. The molecule has 0 bridgehead atoms. The van der Waals surface area contributed by atoms with Crippen LogP contribution in [-0.2, 0) is 14.4 Å². The van der Waals surface area contributed by atoms with Gasteiger partial charge in [-0.05, 0) is 0 Å². The predicted molar refractivity (Wildman–Crippen MR) is 45.9 cm³/mol. The van der Waals surface area contributed by atoms with Crippen LogP contribution in [0.3, 0.4) is 0 Å². The summed E-state index contributed by atoms with van der Waals surface area (Å²) in [5.74, 6) is -3.17. The topological polar surface area (TPSA) is 164 Å². The van der Waals surface area contributed by atoms with Gasteiger partial charge in [-0.3, -0.25) is 14.9 Å². The molecular formula is C7H11NO8. The molecule has 4 atom stereocenters. The van der Waals surface area contributed by atoms with Gasteiger partial charge in [0.2, 0.25) is 6.41 Å². The first-order chi connectivity index (χ1) is 7.32. The van der Waals surface area contributed by atoms with E-state index in [1.165, 1.54) is 5.32 Å². The van der Waals surface area contributed by atoms with Gasteiger partial charge in [0.25, 0.3) is 5.91 Å². The van der Waals surface area contributed by atoms with E-state index in [0.717, 1.165) is 0 Å². The summed E-state index contributed by atoms with van der Waals surface area (Å²) >= 11 is 0. The lowest BCUT2D eigenvalue weighted by Crippen LogP contribution is -2.52. The van der Waals surface area contributed by atoms with Gasteiger partial charge in [-0.25, -0.2) is 4.79 Å². The molecule has 16 heavy (non-hydrogen) atoms. The predicted octanol–water partition coefficient (Wildman–Crippen LogP) is -4.21. The van der Waals surface area contributed by atoms with E-state index < -0.39 is 36.3 Å². The summed E-state index contributed by atoms with van der Waals surface area (Å²) in [6, 6.07) is 0. The second-order valence-electron chi connectivity index (χ2n) is 2.84. The first kappa shape index (κ1) is 14.5. The van der Waals surface area contributed by atoms with Crippen LogP contribution in [0.25, 0.3) is 0 Å². The van der Waals surface area contributed by atoms with Crippen LogP contribution in [0.2, 0.25) is 0 Å². The van der Waals surface area contributed by atoms with Crippen LogP contribution in [0.5, 0.6) is 0 Å². The van der Waals surface area contributed by atoms with Crippen molar-refractivity contribution in [1.29, 1.82) is 0 Å². The molecule has 0 rings (SSSR count). The lowest BCUT2D eigenvalue weighted by atomic mass is 10.0. The molecule has 0 aromatic rings. The highest BCUT2D eigenvalue weighted by Crippen LogP contribution is 2.05. The summed E-state index contributed by atoms with van der Waals surface area (Å²) in [4.78, 5) is 30.8. The SMILES string of the molecule is O=CNC(=O)[C@@H](O)[C@H](O)[C@@H](O)[C@@H](O)C(=O)O. The summed E-state index contributed by atoms with van der Waals surface area (Å²) in [5.41, 5.74) is 0. The molecule has 0 unspecified atom stereocenters. The van der Waals surface area contributed by atoms with E-state index in [-0.39, 0.29) is 6.41 Å². The number of carboxylic acid groups (broad SMARTS) is 1. The zero-order valence-electron chi connectivity index (χ0n) is 7.85. The molecule has 0 aliphatic carbocycles. The fraction of sp³-hybridized carbons (Fsp3) is 0.571. The van der Waals surface area contributed by atoms with Gasteiger partial charge in [-0.1, -0.05) is 0 Å². The first-order valence-electron chi connectivity index (χ1n) is 4.02. The van der Waals surface area contributed by atoms with Crippen molar-refractivity contribution in [2.45, 2.75) is 24.4 Å². The summed E-state index contributed by atoms with van der Waals surface area (Å²) in [6.07, 6.45) is -9.20. The van der Waals surface area contributed by atoms with E-state index in [9.17, 15) is 14.4 Å². The van der Waals surface area contributed by atoms with Crippen LogP contribution < -0.4 is 5.32 Å². The Labute approximate surface area is 88.9 Å². The summed E-state index contributed by atoms with van der Waals surface area (Å²) in [5, 5.41) is 45.7. The molecule has 0 aliphatic heterocycles. The smallest absolute Gasteiger partial charge is 0.335 e. The Morgan fingerprint density at radius 3 is 1.81 bits per heavy atom. The summed E-state index contributed by atoms with van der Waals surface area (Å²) < 4.78 is 0. The minimum absolute atomic E-state index is 0.0712. The number of aliphatic carboxylic acids is 1. The van der Waals surface area contributed by atoms with Crippen LogP contribution in [-0.4, -0.2) is 68.2 Å². The second kappa shape index (κ2) is 6.12. The van der Waals surface area contributed by atoms with Gasteiger partial charge < -0.3 is 25.5 Å². The Morgan fingerprint density at radius 2 is 1.44 bits per heavy atom. The zero-order valence-corrected chi connectivity index (χ0v) is 7.85. The maximum absolute atomic E-state index is 10.8. The largest absolute Gasteiger partial charge is 0.479 e. The normalized spacial score (nSPS) is 18.0. The average Bonchev–Trinajstić information content (AvgIpc) is 2.25. The van der Waals surface area contributed by atoms with Crippen molar-refractivity contribution in [3.8, 4) is 0 Å². The molecule has 9 heteroatoms. The number of rotatable bonds is 6. The van der Waals surface area contributed by atoms with Crippen LogP contribution in [0.1, 0.15) is 0 Å². The minimum Gasteiger partial charge on any atom is -0.479 e. The van der Waals surface area contributed by atoms with Gasteiger partial charge in [-0.2, -0.15) is 0 Å². The molecule has 6 N–H and O–H groups in total. The second-order valence-corrected chi connectivity index (χ2v) is 2.84. The van der Waals surface area contributed by atoms with Gasteiger partial charge >= 0.3 is 5.97 Å². The standard InChI is InChI=1S/C7H11NO8/c9-1-8-6(14)4(12)2(10)3(11)5(13)7(15)16/h1-5,10-13H,(H,15,16)(H,8,9,14)/t2-,3-,4+,5-/m1/s1. The fourth-order valence-electron chi connectivity index (χ4n) is 0.818. The number of aliphatic hydroxyl groups excluding tert-OH is 4. The zero-order chi connectivity index (χ0) is 12.9. The van der Waals surface area contributed by atoms with E-state index >= 15 is 0 Å². The number of hydrogen-bond acceptors (Lipinski definition) is 7. The first-order valence-corrected chi connectivity index (χ1v) is 4.02. The average molecular weight is 237 g/mol. The minimum atomic E-state index is -2.37. The van der Waals surface area contributed by atoms with Crippen LogP contribution in [0.4, 0.5) is 0 Å². The molecule has 0 saturated heterocycles. The van der Waals surface area contributed by atoms with Gasteiger partial charge in [0.15, 0.2) is 12.2 Å². The van der Waals surface area contributed by atoms with Crippen LogP contribution in [0, 0.1) is 0 Å². The molecule has 0 fully saturated rings. The lowest BCUT2D eigenvalue weighted by molar-refractivity contribution is -0.166. The Bertz CT molecular complexity index is 280. The van der Waals surface area contributed by atoms with Crippen LogP contribution >= 0.6 is 0 Å². The molecule has 2 amide bonds. The maximum Gasteiger partial charge on any atom is 0.335 e. The number of aliphatic hydroxyl groups is 4. The van der Waals surface area contributed by atoms with Gasteiger partial charge in [0.05, 0.1) is 0 Å². The Kier molecular flexibility index (Phi) is 5.53. The Hall–Kier alpha value is -1.55. The molecule has 92 valence electrons. The Balaban J connectivity index is 4.53. The van der Waals surface area contributed by atoms with E-state index in [0.29, 0.717) is 0 Å². The number of imide groups is 1. The highest BCUT2D eigenvalue weighted by molar-refractivity contribution is 5.89. The van der Waals surface area contributed by atoms with Crippen LogP contribution in [0.15, 0.2) is 0 Å². The molecule has 0 spiro atoms. The summed E-state index contributed by atoms with van der Waals surface area (Å²) in [6.45, 7) is 0. The van der Waals surface area contributed by atoms with Crippen molar-refractivity contribution in [2.24, 2.45) is 0 Å². The molecule has 0 aromatic carbocycles. The monoisotopic (exact) mass is 237 g/mol. The number of carbonyl (C=O) groups is 3. The third kappa shape index (κ3) is 3.55. The molecule has 0 radical (unpaired) electrons. The number of amides is 2. The molecular weight excluding hydrogens is 226 g/mol. The summed E-state index contributed by atoms with van der Waals surface area (Å²) in [7, 11) is 0. The molecule has 0 aromatic heterocycles. The molecule has 0 saturated carbocycles. The van der Waals surface area contributed by atoms with Crippen molar-refractivity contribution in [2.75, 3.05) is 0 Å². The third-order valence-corrected chi connectivity index (χ3v) is 1.72. The van der Waals surface area contributed by atoms with Crippen molar-refractivity contribution in [1.82, 2.24) is 5.32 Å². The molecule has 9 nitrogen and oxygen atoms in total. The van der Waals surface area contributed by atoms with Crippen molar-refractivity contribution < 1.29 is 39.9 Å². The molecule has 0 heterocycles.